The molecule has 0 saturated heterocycles. The fourth-order valence-electron chi connectivity index (χ4n) is 2.27. The van der Waals surface area contributed by atoms with Crippen LogP contribution >= 0.6 is 11.6 Å². The zero-order chi connectivity index (χ0) is 18.5. The highest BCUT2D eigenvalue weighted by molar-refractivity contribution is 6.30. The summed E-state index contributed by atoms with van der Waals surface area (Å²) in [5.41, 5.74) is 0.920. The summed E-state index contributed by atoms with van der Waals surface area (Å²) < 4.78 is 6.38. The zero-order valence-electron chi connectivity index (χ0n) is 13.8. The largest absolute Gasteiger partial charge is 0.462 e. The third-order valence-electron chi connectivity index (χ3n) is 3.47. The van der Waals surface area contributed by atoms with Gasteiger partial charge in [-0.15, -0.1) is 0 Å². The number of pyridine rings is 2. The molecule has 0 bridgehead atoms. The van der Waals surface area contributed by atoms with Gasteiger partial charge in [0.15, 0.2) is 0 Å². The van der Waals surface area contributed by atoms with Crippen LogP contribution in [0.4, 0.5) is 5.69 Å². The molecule has 0 unspecified atom stereocenters. The highest BCUT2D eigenvalue weighted by atomic mass is 35.5. The Kier molecular flexibility index (Phi) is 5.28. The fourth-order valence-corrected chi connectivity index (χ4v) is 2.43. The third-order valence-corrected chi connectivity index (χ3v) is 3.70. The van der Waals surface area contributed by atoms with Crippen LogP contribution in [0.2, 0.25) is 5.02 Å². The fraction of sp³-hybridized carbons (Fsp3) is 0.111. The van der Waals surface area contributed by atoms with Crippen LogP contribution < -0.4 is 10.9 Å². The molecule has 0 radical (unpaired) electrons. The molecule has 0 spiro atoms. The van der Waals surface area contributed by atoms with E-state index in [0.717, 1.165) is 0 Å². The summed E-state index contributed by atoms with van der Waals surface area (Å²) in [5.74, 6) is -0.546. The first-order chi connectivity index (χ1) is 12.6. The molecule has 8 heteroatoms. The van der Waals surface area contributed by atoms with E-state index in [1.807, 2.05) is 0 Å². The molecule has 0 aliphatic heterocycles. The lowest BCUT2D eigenvalue weighted by Gasteiger charge is -2.08. The Morgan fingerprint density at radius 1 is 1.31 bits per heavy atom. The van der Waals surface area contributed by atoms with Crippen LogP contribution in [0.15, 0.2) is 59.9 Å². The number of ether oxygens (including phenoxy) is 1. The van der Waals surface area contributed by atoms with Gasteiger partial charge in [-0.25, -0.2) is 9.78 Å². The second-order valence-corrected chi connectivity index (χ2v) is 5.63. The Balaban J connectivity index is 2.00. The van der Waals surface area contributed by atoms with Crippen LogP contribution in [0.5, 0.6) is 0 Å². The van der Waals surface area contributed by atoms with Crippen LogP contribution in [0.1, 0.15) is 12.6 Å². The van der Waals surface area contributed by atoms with Crippen molar-refractivity contribution in [3.63, 3.8) is 0 Å². The maximum atomic E-state index is 12.6. The van der Waals surface area contributed by atoms with Gasteiger partial charge in [0, 0.05) is 18.6 Å². The van der Waals surface area contributed by atoms with Crippen molar-refractivity contribution in [3.8, 4) is 0 Å². The summed E-state index contributed by atoms with van der Waals surface area (Å²) in [6, 6.07) is 8.46. The lowest BCUT2D eigenvalue weighted by Crippen LogP contribution is -2.18. The average molecular weight is 371 g/mol. The number of carbonyl (C=O) groups excluding carboxylic acids is 1. The third kappa shape index (κ3) is 3.73. The molecule has 0 aromatic carbocycles. The van der Waals surface area contributed by atoms with E-state index in [9.17, 15) is 9.59 Å². The molecule has 0 amide bonds. The Morgan fingerprint density at radius 2 is 2.15 bits per heavy atom. The SMILES string of the molecule is CCOC(=O)/C(=C/Nc1cnc2ccc(Cl)cn2c1=O)c1ccccn1. The number of nitrogens with zero attached hydrogens (tertiary/aromatic N) is 3. The molecule has 7 nitrogen and oxygen atoms in total. The number of aromatic nitrogens is 3. The van der Waals surface area contributed by atoms with Crippen molar-refractivity contribution in [2.45, 2.75) is 6.92 Å². The summed E-state index contributed by atoms with van der Waals surface area (Å²) >= 11 is 5.94. The topological polar surface area (TPSA) is 85.6 Å². The standard InChI is InChI=1S/C18H15ClN4O3/c1-2-26-18(25)13(14-5-3-4-8-20-14)9-21-15-10-22-16-7-6-12(19)11-23(16)17(15)24/h3-11,21H,2H2,1H3/b13-9+. The van der Waals surface area contributed by atoms with Gasteiger partial charge < -0.3 is 10.1 Å². The highest BCUT2D eigenvalue weighted by Crippen LogP contribution is 2.14. The van der Waals surface area contributed by atoms with Crippen LogP contribution in [-0.4, -0.2) is 26.9 Å². The Hall–Kier alpha value is -3.19. The molecule has 1 N–H and O–H groups in total. The Morgan fingerprint density at radius 3 is 2.88 bits per heavy atom. The molecule has 0 fully saturated rings. The summed E-state index contributed by atoms with van der Waals surface area (Å²) in [5, 5.41) is 3.23. The normalized spacial score (nSPS) is 11.4. The van der Waals surface area contributed by atoms with E-state index in [1.54, 1.807) is 43.5 Å². The number of esters is 1. The monoisotopic (exact) mass is 370 g/mol. The molecular weight excluding hydrogens is 356 g/mol. The minimum Gasteiger partial charge on any atom is -0.462 e. The number of halogens is 1. The molecule has 0 aliphatic rings. The van der Waals surface area contributed by atoms with Crippen molar-refractivity contribution in [2.24, 2.45) is 0 Å². The number of anilines is 1. The smallest absolute Gasteiger partial charge is 0.341 e. The average Bonchev–Trinajstić information content (AvgIpc) is 2.65. The van der Waals surface area contributed by atoms with E-state index < -0.39 is 5.97 Å². The van der Waals surface area contributed by atoms with Crippen LogP contribution in [-0.2, 0) is 9.53 Å². The lowest BCUT2D eigenvalue weighted by molar-refractivity contribution is -0.136. The number of hydrogen-bond donors (Lipinski definition) is 1. The lowest BCUT2D eigenvalue weighted by atomic mass is 10.2. The van der Waals surface area contributed by atoms with E-state index in [1.165, 1.54) is 23.0 Å². The predicted molar refractivity (Wildman–Crippen MR) is 98.9 cm³/mol. The first-order valence-corrected chi connectivity index (χ1v) is 8.20. The van der Waals surface area contributed by atoms with Crippen molar-refractivity contribution in [2.75, 3.05) is 11.9 Å². The Bertz CT molecular complexity index is 1030. The molecule has 3 aromatic heterocycles. The predicted octanol–water partition coefficient (Wildman–Crippen LogP) is 2.76. The molecule has 3 aromatic rings. The van der Waals surface area contributed by atoms with E-state index in [0.29, 0.717) is 16.4 Å². The van der Waals surface area contributed by atoms with Crippen LogP contribution in [0, 0.1) is 0 Å². The molecule has 3 rings (SSSR count). The van der Waals surface area contributed by atoms with Gasteiger partial charge >= 0.3 is 5.97 Å². The summed E-state index contributed by atoms with van der Waals surface area (Å²) in [7, 11) is 0. The molecule has 132 valence electrons. The second kappa shape index (κ2) is 7.79. The quantitative estimate of drug-likeness (QED) is 0.549. The first-order valence-electron chi connectivity index (χ1n) is 7.82. The summed E-state index contributed by atoms with van der Waals surface area (Å²) in [6.45, 7) is 1.94. The van der Waals surface area contributed by atoms with E-state index in [4.69, 9.17) is 16.3 Å². The minimum atomic E-state index is -0.546. The second-order valence-electron chi connectivity index (χ2n) is 5.19. The van der Waals surface area contributed by atoms with Gasteiger partial charge in [0.1, 0.15) is 16.9 Å². The highest BCUT2D eigenvalue weighted by Gasteiger charge is 2.15. The number of fused-ring (bicyclic) bond motifs is 1. The minimum absolute atomic E-state index is 0.183. The van der Waals surface area contributed by atoms with Crippen molar-refractivity contribution in [1.29, 1.82) is 0 Å². The maximum Gasteiger partial charge on any atom is 0.341 e. The van der Waals surface area contributed by atoms with E-state index >= 15 is 0 Å². The molecule has 0 saturated carbocycles. The molecule has 0 aliphatic carbocycles. The molecule has 26 heavy (non-hydrogen) atoms. The van der Waals surface area contributed by atoms with Gasteiger partial charge in [-0.1, -0.05) is 17.7 Å². The van der Waals surface area contributed by atoms with E-state index in [-0.39, 0.29) is 23.4 Å². The molecular formula is C18H15ClN4O3. The summed E-state index contributed by atoms with van der Waals surface area (Å²) in [6.07, 6.45) is 5.82. The number of carbonyl (C=O) groups is 1. The van der Waals surface area contributed by atoms with Crippen LogP contribution in [0.3, 0.4) is 0 Å². The van der Waals surface area contributed by atoms with Gasteiger partial charge in [0.25, 0.3) is 5.56 Å². The van der Waals surface area contributed by atoms with Gasteiger partial charge in [0.2, 0.25) is 0 Å². The van der Waals surface area contributed by atoms with Gasteiger partial charge in [-0.05, 0) is 31.2 Å². The number of rotatable bonds is 5. The Labute approximate surface area is 153 Å². The van der Waals surface area contributed by atoms with Gasteiger partial charge in [0.05, 0.1) is 23.5 Å². The van der Waals surface area contributed by atoms with E-state index in [2.05, 4.69) is 15.3 Å². The van der Waals surface area contributed by atoms with Crippen molar-refractivity contribution >= 4 is 34.5 Å². The summed E-state index contributed by atoms with van der Waals surface area (Å²) in [4.78, 5) is 33.1. The zero-order valence-corrected chi connectivity index (χ0v) is 14.6. The van der Waals surface area contributed by atoms with Gasteiger partial charge in [-0.2, -0.15) is 0 Å². The molecule has 0 atom stereocenters. The number of nitrogens with one attached hydrogen (secondary N) is 1. The van der Waals surface area contributed by atoms with Gasteiger partial charge in [-0.3, -0.25) is 14.2 Å². The van der Waals surface area contributed by atoms with Crippen molar-refractivity contribution in [1.82, 2.24) is 14.4 Å². The van der Waals surface area contributed by atoms with Crippen molar-refractivity contribution in [3.05, 3.63) is 76.2 Å². The number of hydrogen-bond acceptors (Lipinski definition) is 6. The first kappa shape index (κ1) is 17.6. The maximum absolute atomic E-state index is 12.6. The molecule has 3 heterocycles. The van der Waals surface area contributed by atoms with Crippen LogP contribution in [0.25, 0.3) is 11.2 Å². The van der Waals surface area contributed by atoms with Crippen molar-refractivity contribution < 1.29 is 9.53 Å².